The number of carbonyl (C=O) groups is 2. The van der Waals surface area contributed by atoms with Gasteiger partial charge < -0.3 is 20.8 Å². The molecule has 1 aliphatic rings. The van der Waals surface area contributed by atoms with Gasteiger partial charge in [0.05, 0.1) is 5.92 Å². The van der Waals surface area contributed by atoms with Crippen molar-refractivity contribution in [3.8, 4) is 5.75 Å². The molecule has 1 aromatic rings. The molecule has 0 radical (unpaired) electrons. The van der Waals surface area contributed by atoms with Crippen molar-refractivity contribution in [2.24, 2.45) is 5.92 Å². The molecule has 0 unspecified atom stereocenters. The number of rotatable bonds is 5. The highest BCUT2D eigenvalue weighted by atomic mass is 16.4. The maximum Gasteiger partial charge on any atom is 0.326 e. The molecule has 19 heavy (non-hydrogen) atoms. The third-order valence-electron chi connectivity index (χ3n) is 3.14. The minimum absolute atomic E-state index is 0.125. The maximum absolute atomic E-state index is 11.7. The number of nitrogens with one attached hydrogen (secondary N) is 2. The number of benzene rings is 1. The quantitative estimate of drug-likeness (QED) is 0.586. The van der Waals surface area contributed by atoms with Crippen LogP contribution in [0.25, 0.3) is 0 Å². The number of amides is 1. The van der Waals surface area contributed by atoms with Crippen molar-refractivity contribution < 1.29 is 19.8 Å². The Morgan fingerprint density at radius 3 is 2.42 bits per heavy atom. The summed E-state index contributed by atoms with van der Waals surface area (Å²) in [5, 5.41) is 23.8. The van der Waals surface area contributed by atoms with Gasteiger partial charge in [0.15, 0.2) is 0 Å². The third kappa shape index (κ3) is 3.45. The summed E-state index contributed by atoms with van der Waals surface area (Å²) in [6.07, 6.45) is 0.196. The number of carbonyl (C=O) groups excluding carboxylic acids is 1. The van der Waals surface area contributed by atoms with Crippen molar-refractivity contribution in [2.75, 3.05) is 13.1 Å². The standard InChI is InChI=1S/C13H16N2O4/c16-10-3-1-8(2-4-10)5-11(13(18)19)15-12(17)9-6-14-7-9/h1-4,9,11,14,16H,5-7H2,(H,15,17)(H,18,19)/t11-/m1/s1. The van der Waals surface area contributed by atoms with E-state index in [2.05, 4.69) is 10.6 Å². The molecular formula is C13H16N2O4. The Bertz CT molecular complexity index is 468. The van der Waals surface area contributed by atoms with Crippen LogP contribution in [-0.4, -0.2) is 41.2 Å². The number of aliphatic carboxylic acids is 1. The molecule has 0 spiro atoms. The molecule has 6 nitrogen and oxygen atoms in total. The van der Waals surface area contributed by atoms with E-state index in [1.807, 2.05) is 0 Å². The number of carboxylic acid groups (broad SMARTS) is 1. The second kappa shape index (κ2) is 5.71. The zero-order valence-corrected chi connectivity index (χ0v) is 10.3. The second-order valence-corrected chi connectivity index (χ2v) is 4.63. The van der Waals surface area contributed by atoms with Crippen molar-refractivity contribution in [1.82, 2.24) is 10.6 Å². The van der Waals surface area contributed by atoms with Gasteiger partial charge in [0.25, 0.3) is 0 Å². The first kappa shape index (κ1) is 13.4. The molecule has 6 heteroatoms. The van der Waals surface area contributed by atoms with Crippen LogP contribution >= 0.6 is 0 Å². The highest BCUT2D eigenvalue weighted by Gasteiger charge is 2.28. The van der Waals surface area contributed by atoms with Crippen LogP contribution in [0.2, 0.25) is 0 Å². The van der Waals surface area contributed by atoms with Gasteiger partial charge in [-0.25, -0.2) is 4.79 Å². The predicted molar refractivity (Wildman–Crippen MR) is 67.7 cm³/mol. The molecule has 2 rings (SSSR count). The van der Waals surface area contributed by atoms with Gasteiger partial charge in [-0.1, -0.05) is 12.1 Å². The van der Waals surface area contributed by atoms with Crippen LogP contribution in [0.4, 0.5) is 0 Å². The fourth-order valence-electron chi connectivity index (χ4n) is 1.83. The first-order valence-electron chi connectivity index (χ1n) is 6.08. The molecule has 1 amide bonds. The fourth-order valence-corrected chi connectivity index (χ4v) is 1.83. The lowest BCUT2D eigenvalue weighted by molar-refractivity contribution is -0.142. The van der Waals surface area contributed by atoms with Crippen LogP contribution in [0.3, 0.4) is 0 Å². The number of aromatic hydroxyl groups is 1. The summed E-state index contributed by atoms with van der Waals surface area (Å²) in [5.41, 5.74) is 0.747. The van der Waals surface area contributed by atoms with E-state index < -0.39 is 12.0 Å². The van der Waals surface area contributed by atoms with Crippen molar-refractivity contribution in [1.29, 1.82) is 0 Å². The van der Waals surface area contributed by atoms with Crippen molar-refractivity contribution >= 4 is 11.9 Å². The van der Waals surface area contributed by atoms with Crippen LogP contribution < -0.4 is 10.6 Å². The summed E-state index contributed by atoms with van der Waals surface area (Å²) in [7, 11) is 0. The predicted octanol–water partition coefficient (Wildman–Crippen LogP) is -0.277. The minimum Gasteiger partial charge on any atom is -0.508 e. The molecular weight excluding hydrogens is 248 g/mol. The molecule has 102 valence electrons. The second-order valence-electron chi connectivity index (χ2n) is 4.63. The Morgan fingerprint density at radius 2 is 1.95 bits per heavy atom. The maximum atomic E-state index is 11.7. The Hall–Kier alpha value is -2.08. The Labute approximate surface area is 110 Å². The van der Waals surface area contributed by atoms with Crippen LogP contribution in [0.5, 0.6) is 5.75 Å². The van der Waals surface area contributed by atoms with Gasteiger partial charge in [0.2, 0.25) is 5.91 Å². The molecule has 0 bridgehead atoms. The van der Waals surface area contributed by atoms with Crippen molar-refractivity contribution in [3.63, 3.8) is 0 Å². The van der Waals surface area contributed by atoms with Crippen molar-refractivity contribution in [2.45, 2.75) is 12.5 Å². The normalized spacial score (nSPS) is 16.4. The van der Waals surface area contributed by atoms with Gasteiger partial charge >= 0.3 is 5.97 Å². The van der Waals surface area contributed by atoms with E-state index in [1.54, 1.807) is 12.1 Å². The molecule has 1 heterocycles. The summed E-state index contributed by atoms with van der Waals surface area (Å²) in [4.78, 5) is 22.9. The lowest BCUT2D eigenvalue weighted by Crippen LogP contribution is -2.54. The molecule has 0 aliphatic carbocycles. The average Bonchev–Trinajstić information content (AvgIpc) is 2.28. The highest BCUT2D eigenvalue weighted by Crippen LogP contribution is 2.12. The number of carboxylic acids is 1. The summed E-state index contributed by atoms with van der Waals surface area (Å²) < 4.78 is 0. The molecule has 4 N–H and O–H groups in total. The van der Waals surface area contributed by atoms with Gasteiger partial charge in [0.1, 0.15) is 11.8 Å². The van der Waals surface area contributed by atoms with E-state index in [-0.39, 0.29) is 24.0 Å². The van der Waals surface area contributed by atoms with Gasteiger partial charge in [-0.15, -0.1) is 0 Å². The molecule has 0 saturated carbocycles. The number of phenols is 1. The van der Waals surface area contributed by atoms with Gasteiger partial charge in [-0.3, -0.25) is 4.79 Å². The van der Waals surface area contributed by atoms with Crippen LogP contribution in [0, 0.1) is 5.92 Å². The van der Waals surface area contributed by atoms with E-state index in [0.717, 1.165) is 5.56 Å². The summed E-state index contributed by atoms with van der Waals surface area (Å²) in [5.74, 6) is -1.31. The monoisotopic (exact) mass is 264 g/mol. The summed E-state index contributed by atoms with van der Waals surface area (Å²) in [6, 6.07) is 5.32. The highest BCUT2D eigenvalue weighted by molar-refractivity contribution is 5.86. The lowest BCUT2D eigenvalue weighted by atomic mass is 10.0. The van der Waals surface area contributed by atoms with E-state index in [4.69, 9.17) is 10.2 Å². The third-order valence-corrected chi connectivity index (χ3v) is 3.14. The first-order valence-corrected chi connectivity index (χ1v) is 6.08. The number of phenolic OH excluding ortho intramolecular Hbond substituents is 1. The Balaban J connectivity index is 1.97. The summed E-state index contributed by atoms with van der Waals surface area (Å²) >= 11 is 0. The molecule has 1 fully saturated rings. The smallest absolute Gasteiger partial charge is 0.326 e. The zero-order valence-electron chi connectivity index (χ0n) is 10.3. The van der Waals surface area contributed by atoms with E-state index >= 15 is 0 Å². The van der Waals surface area contributed by atoms with E-state index in [1.165, 1.54) is 12.1 Å². The average molecular weight is 264 g/mol. The molecule has 0 aromatic heterocycles. The molecule has 1 saturated heterocycles. The van der Waals surface area contributed by atoms with Gasteiger partial charge in [-0.2, -0.15) is 0 Å². The van der Waals surface area contributed by atoms with E-state index in [9.17, 15) is 9.59 Å². The Kier molecular flexibility index (Phi) is 4.01. The lowest BCUT2D eigenvalue weighted by Gasteiger charge is -2.27. The topological polar surface area (TPSA) is 98.7 Å². The van der Waals surface area contributed by atoms with Crippen LogP contribution in [0.1, 0.15) is 5.56 Å². The largest absolute Gasteiger partial charge is 0.508 e. The zero-order chi connectivity index (χ0) is 13.8. The Morgan fingerprint density at radius 1 is 1.32 bits per heavy atom. The number of hydrogen-bond donors (Lipinski definition) is 4. The number of hydrogen-bond acceptors (Lipinski definition) is 4. The fraction of sp³-hybridized carbons (Fsp3) is 0.385. The molecule has 1 atom stereocenters. The first-order chi connectivity index (χ1) is 9.06. The SMILES string of the molecule is O=C(N[C@H](Cc1ccc(O)cc1)C(=O)O)C1CNC1. The van der Waals surface area contributed by atoms with Crippen LogP contribution in [-0.2, 0) is 16.0 Å². The molecule has 1 aliphatic heterocycles. The van der Waals surface area contributed by atoms with Crippen molar-refractivity contribution in [3.05, 3.63) is 29.8 Å². The van der Waals surface area contributed by atoms with Gasteiger partial charge in [0, 0.05) is 19.5 Å². The molecule has 1 aromatic carbocycles. The van der Waals surface area contributed by atoms with Crippen LogP contribution in [0.15, 0.2) is 24.3 Å². The van der Waals surface area contributed by atoms with E-state index in [0.29, 0.717) is 13.1 Å². The summed E-state index contributed by atoms with van der Waals surface area (Å²) in [6.45, 7) is 1.19. The minimum atomic E-state index is -1.06. The van der Waals surface area contributed by atoms with Gasteiger partial charge in [-0.05, 0) is 17.7 Å².